The van der Waals surface area contributed by atoms with Crippen molar-refractivity contribution in [2.45, 2.75) is 25.7 Å². The number of hydrogen-bond donors (Lipinski definition) is 2. The molecule has 1 saturated heterocycles. The fourth-order valence-electron chi connectivity index (χ4n) is 2.99. The van der Waals surface area contributed by atoms with Gasteiger partial charge in [-0.25, -0.2) is 0 Å². The first-order valence-electron chi connectivity index (χ1n) is 8.34. The first kappa shape index (κ1) is 17.7. The van der Waals surface area contributed by atoms with Crippen molar-refractivity contribution in [1.29, 1.82) is 0 Å². The number of carbonyl (C=O) groups is 2. The molecule has 1 unspecified atom stereocenters. The van der Waals surface area contributed by atoms with Gasteiger partial charge in [-0.2, -0.15) is 4.98 Å². The summed E-state index contributed by atoms with van der Waals surface area (Å²) in [6, 6.07) is 4.36. The maximum Gasteiger partial charge on any atom is 0.257 e. The molecule has 3 rings (SSSR count). The predicted molar refractivity (Wildman–Crippen MR) is 93.8 cm³/mol. The zero-order valence-corrected chi connectivity index (χ0v) is 14.4. The van der Waals surface area contributed by atoms with Crippen molar-refractivity contribution in [2.75, 3.05) is 18.4 Å². The number of nitrogens with zero attached hydrogens (tertiary/aromatic N) is 3. The third kappa shape index (κ3) is 3.74. The molecule has 2 heterocycles. The molecular weight excluding hydrogens is 336 g/mol. The smallest absolute Gasteiger partial charge is 0.257 e. The van der Waals surface area contributed by atoms with E-state index in [0.717, 1.165) is 18.9 Å². The van der Waals surface area contributed by atoms with Gasteiger partial charge in [0, 0.05) is 18.8 Å². The summed E-state index contributed by atoms with van der Waals surface area (Å²) in [5, 5.41) is 16.5. The van der Waals surface area contributed by atoms with E-state index in [0.29, 0.717) is 30.5 Å². The van der Waals surface area contributed by atoms with Crippen molar-refractivity contribution in [3.63, 3.8) is 0 Å². The summed E-state index contributed by atoms with van der Waals surface area (Å²) in [5.74, 6) is 0.224. The fourth-order valence-corrected chi connectivity index (χ4v) is 2.99. The number of phenols is 1. The minimum Gasteiger partial charge on any atom is -0.507 e. The van der Waals surface area contributed by atoms with E-state index in [-0.39, 0.29) is 29.0 Å². The van der Waals surface area contributed by atoms with Crippen LogP contribution in [0.4, 0.5) is 5.69 Å². The summed E-state index contributed by atoms with van der Waals surface area (Å²) in [4.78, 5) is 30.2. The lowest BCUT2D eigenvalue weighted by atomic mass is 9.97. The average molecular weight is 356 g/mol. The number of hydrogen-bond acceptors (Lipinski definition) is 6. The summed E-state index contributed by atoms with van der Waals surface area (Å²) >= 11 is 0. The van der Waals surface area contributed by atoms with Gasteiger partial charge in [0.1, 0.15) is 5.75 Å². The van der Waals surface area contributed by atoms with Gasteiger partial charge in [0.15, 0.2) is 5.82 Å². The monoisotopic (exact) mass is 356 g/mol. The topological polar surface area (TPSA) is 109 Å². The number of rotatable bonds is 4. The Morgan fingerprint density at radius 3 is 2.96 bits per heavy atom. The standard InChI is InChI=1S/C18H20N4O4/c1-3-16(24)20-13-6-7-15(23)14(9-13)18(25)22-8-4-5-12(10-22)17-19-11(2)21-26-17/h3,6-7,9,12,23H,1,4-5,8,10H2,2H3,(H,20,24). The predicted octanol–water partition coefficient (Wildman–Crippen LogP) is 2.23. The zero-order chi connectivity index (χ0) is 18.7. The number of anilines is 1. The van der Waals surface area contributed by atoms with Gasteiger partial charge in [-0.1, -0.05) is 11.7 Å². The first-order valence-corrected chi connectivity index (χ1v) is 8.34. The summed E-state index contributed by atoms with van der Waals surface area (Å²) in [6.07, 6.45) is 2.79. The summed E-state index contributed by atoms with van der Waals surface area (Å²) in [7, 11) is 0. The quantitative estimate of drug-likeness (QED) is 0.642. The maximum absolute atomic E-state index is 12.9. The minimum absolute atomic E-state index is 0.0281. The Balaban J connectivity index is 1.78. The van der Waals surface area contributed by atoms with Crippen molar-refractivity contribution >= 4 is 17.5 Å². The number of aromatic nitrogens is 2. The van der Waals surface area contributed by atoms with Gasteiger partial charge < -0.3 is 19.8 Å². The lowest BCUT2D eigenvalue weighted by molar-refractivity contribution is -0.111. The van der Waals surface area contributed by atoms with Crippen molar-refractivity contribution in [2.24, 2.45) is 0 Å². The fraction of sp³-hybridized carbons (Fsp3) is 0.333. The van der Waals surface area contributed by atoms with Crippen molar-refractivity contribution < 1.29 is 19.2 Å². The Morgan fingerprint density at radius 2 is 2.27 bits per heavy atom. The zero-order valence-electron chi connectivity index (χ0n) is 14.4. The highest BCUT2D eigenvalue weighted by Gasteiger charge is 2.30. The second kappa shape index (κ2) is 7.38. The number of aryl methyl sites for hydroxylation is 1. The summed E-state index contributed by atoms with van der Waals surface area (Å²) < 4.78 is 5.23. The number of likely N-dealkylation sites (tertiary alicyclic amines) is 1. The molecule has 136 valence electrons. The molecule has 1 aromatic carbocycles. The van der Waals surface area contributed by atoms with Crippen LogP contribution < -0.4 is 5.32 Å². The van der Waals surface area contributed by atoms with Crippen LogP contribution in [0.5, 0.6) is 5.75 Å². The lowest BCUT2D eigenvalue weighted by Gasteiger charge is -2.31. The van der Waals surface area contributed by atoms with Crippen LogP contribution >= 0.6 is 0 Å². The Bertz CT molecular complexity index is 845. The van der Waals surface area contributed by atoms with Crippen LogP contribution in [-0.4, -0.2) is 45.1 Å². The molecule has 2 N–H and O–H groups in total. The molecule has 1 aromatic heterocycles. The number of phenolic OH excluding ortho intramolecular Hbond substituents is 1. The molecule has 1 aliphatic rings. The number of benzene rings is 1. The van der Waals surface area contributed by atoms with E-state index in [4.69, 9.17) is 4.52 Å². The van der Waals surface area contributed by atoms with Gasteiger partial charge in [0.05, 0.1) is 11.5 Å². The largest absolute Gasteiger partial charge is 0.507 e. The van der Waals surface area contributed by atoms with Crippen LogP contribution in [0.3, 0.4) is 0 Å². The number of carbonyl (C=O) groups excluding carboxylic acids is 2. The molecule has 1 atom stereocenters. The molecule has 0 radical (unpaired) electrons. The van der Waals surface area contributed by atoms with E-state index in [1.807, 2.05) is 0 Å². The van der Waals surface area contributed by atoms with E-state index in [9.17, 15) is 14.7 Å². The molecule has 8 nitrogen and oxygen atoms in total. The van der Waals surface area contributed by atoms with Crippen LogP contribution in [-0.2, 0) is 4.79 Å². The molecule has 0 spiro atoms. The Morgan fingerprint density at radius 1 is 1.46 bits per heavy atom. The van der Waals surface area contributed by atoms with Gasteiger partial charge in [0.25, 0.3) is 5.91 Å². The second-order valence-corrected chi connectivity index (χ2v) is 6.20. The normalized spacial score (nSPS) is 17.0. The molecule has 2 aromatic rings. The molecule has 26 heavy (non-hydrogen) atoms. The highest BCUT2D eigenvalue weighted by atomic mass is 16.5. The number of amides is 2. The highest BCUT2D eigenvalue weighted by Crippen LogP contribution is 2.29. The van der Waals surface area contributed by atoms with E-state index in [1.54, 1.807) is 11.8 Å². The molecule has 0 aliphatic carbocycles. The van der Waals surface area contributed by atoms with Gasteiger partial charge in [-0.15, -0.1) is 0 Å². The van der Waals surface area contributed by atoms with Crippen molar-refractivity contribution in [3.05, 3.63) is 48.1 Å². The molecule has 0 saturated carbocycles. The van der Waals surface area contributed by atoms with E-state index in [2.05, 4.69) is 22.0 Å². The molecule has 0 bridgehead atoms. The van der Waals surface area contributed by atoms with Gasteiger partial charge >= 0.3 is 0 Å². The molecular formula is C18H20N4O4. The third-order valence-corrected chi connectivity index (χ3v) is 4.28. The van der Waals surface area contributed by atoms with Crippen LogP contribution in [0.2, 0.25) is 0 Å². The molecule has 1 aliphatic heterocycles. The number of nitrogens with one attached hydrogen (secondary N) is 1. The van der Waals surface area contributed by atoms with Gasteiger partial charge in [-0.3, -0.25) is 9.59 Å². The Labute approximate surface area is 150 Å². The van der Waals surface area contributed by atoms with Gasteiger partial charge in [-0.05, 0) is 44.0 Å². The summed E-state index contributed by atoms with van der Waals surface area (Å²) in [5.41, 5.74) is 0.548. The van der Waals surface area contributed by atoms with Crippen molar-refractivity contribution in [1.82, 2.24) is 15.0 Å². The SMILES string of the molecule is C=CC(=O)Nc1ccc(O)c(C(=O)N2CCCC(c3nc(C)no3)C2)c1. The second-order valence-electron chi connectivity index (χ2n) is 6.20. The lowest BCUT2D eigenvalue weighted by Crippen LogP contribution is -2.39. The van der Waals surface area contributed by atoms with Crippen LogP contribution in [0, 0.1) is 6.92 Å². The number of aromatic hydroxyl groups is 1. The summed E-state index contributed by atoms with van der Waals surface area (Å²) in [6.45, 7) is 6.15. The molecule has 2 amide bonds. The van der Waals surface area contributed by atoms with E-state index < -0.39 is 0 Å². The van der Waals surface area contributed by atoms with Crippen LogP contribution in [0.1, 0.15) is 40.8 Å². The van der Waals surface area contributed by atoms with Gasteiger partial charge in [0.2, 0.25) is 11.8 Å². The molecule has 8 heteroatoms. The first-order chi connectivity index (χ1) is 12.5. The van der Waals surface area contributed by atoms with Crippen LogP contribution in [0.15, 0.2) is 35.4 Å². The number of piperidine rings is 1. The minimum atomic E-state index is -0.390. The third-order valence-electron chi connectivity index (χ3n) is 4.28. The molecule has 1 fully saturated rings. The van der Waals surface area contributed by atoms with E-state index in [1.165, 1.54) is 18.2 Å². The maximum atomic E-state index is 12.9. The van der Waals surface area contributed by atoms with Crippen molar-refractivity contribution in [3.8, 4) is 5.75 Å². The highest BCUT2D eigenvalue weighted by molar-refractivity contribution is 6.02. The average Bonchev–Trinajstić information content (AvgIpc) is 3.09. The Kier molecular flexibility index (Phi) is 5.01. The van der Waals surface area contributed by atoms with Crippen LogP contribution in [0.25, 0.3) is 0 Å². The van der Waals surface area contributed by atoms with E-state index >= 15 is 0 Å². The Hall–Kier alpha value is -3.16.